The molecule has 2 rings (SSSR count). The van der Waals surface area contributed by atoms with Gasteiger partial charge in [-0.2, -0.15) is 0 Å². The Labute approximate surface area is 165 Å². The highest BCUT2D eigenvalue weighted by atomic mass is 16.6. The molecule has 28 heavy (non-hydrogen) atoms. The van der Waals surface area contributed by atoms with Gasteiger partial charge in [-0.3, -0.25) is 4.79 Å². The average Bonchev–Trinajstić information content (AvgIpc) is 2.69. The number of carbonyl (C=O) groups excluding carboxylic acids is 2. The molecule has 0 unspecified atom stereocenters. The molecule has 0 aliphatic heterocycles. The van der Waals surface area contributed by atoms with E-state index < -0.39 is 5.97 Å². The molecule has 0 saturated heterocycles. The van der Waals surface area contributed by atoms with Crippen molar-refractivity contribution in [3.63, 3.8) is 0 Å². The summed E-state index contributed by atoms with van der Waals surface area (Å²) in [5.41, 5.74) is 3.24. The summed E-state index contributed by atoms with van der Waals surface area (Å²) >= 11 is 0. The average molecular weight is 385 g/mol. The van der Waals surface area contributed by atoms with Crippen molar-refractivity contribution in [1.29, 1.82) is 0 Å². The molecule has 2 aromatic carbocycles. The van der Waals surface area contributed by atoms with Crippen molar-refractivity contribution in [3.05, 3.63) is 59.2 Å². The zero-order valence-electron chi connectivity index (χ0n) is 16.8. The molecule has 0 heterocycles. The van der Waals surface area contributed by atoms with E-state index >= 15 is 0 Å². The van der Waals surface area contributed by atoms with Gasteiger partial charge in [-0.1, -0.05) is 32.0 Å². The van der Waals surface area contributed by atoms with Gasteiger partial charge in [0, 0.05) is 6.54 Å². The van der Waals surface area contributed by atoms with Crippen molar-refractivity contribution in [1.82, 2.24) is 5.32 Å². The molecule has 0 radical (unpaired) electrons. The summed E-state index contributed by atoms with van der Waals surface area (Å²) in [4.78, 5) is 23.6. The van der Waals surface area contributed by atoms with E-state index in [0.717, 1.165) is 11.1 Å². The molecule has 6 nitrogen and oxygen atoms in total. The maximum atomic E-state index is 11.8. The number of hydrogen-bond acceptors (Lipinski definition) is 5. The van der Waals surface area contributed by atoms with Gasteiger partial charge in [-0.05, 0) is 53.8 Å². The molecule has 0 aliphatic rings. The van der Waals surface area contributed by atoms with Crippen molar-refractivity contribution in [2.75, 3.05) is 20.3 Å². The first-order chi connectivity index (χ1) is 13.4. The van der Waals surface area contributed by atoms with E-state index in [4.69, 9.17) is 14.2 Å². The molecule has 0 saturated carbocycles. The van der Waals surface area contributed by atoms with Crippen LogP contribution in [0.5, 0.6) is 11.5 Å². The van der Waals surface area contributed by atoms with E-state index in [-0.39, 0.29) is 19.1 Å². The van der Waals surface area contributed by atoms with Crippen LogP contribution >= 0.6 is 0 Å². The van der Waals surface area contributed by atoms with Crippen LogP contribution in [-0.2, 0) is 20.9 Å². The zero-order valence-corrected chi connectivity index (χ0v) is 16.8. The summed E-state index contributed by atoms with van der Waals surface area (Å²) < 4.78 is 15.5. The normalized spacial score (nSPS) is 10.5. The van der Waals surface area contributed by atoms with Crippen molar-refractivity contribution in [3.8, 4) is 11.5 Å². The van der Waals surface area contributed by atoms with Crippen molar-refractivity contribution in [2.24, 2.45) is 0 Å². The fraction of sp³-hybridized carbons (Fsp3) is 0.364. The van der Waals surface area contributed by atoms with Crippen LogP contribution < -0.4 is 14.8 Å². The third-order valence-electron chi connectivity index (χ3n) is 4.21. The molecule has 0 aromatic heterocycles. The number of methoxy groups -OCH3 is 1. The summed E-state index contributed by atoms with van der Waals surface area (Å²) in [6.45, 7) is 5.99. The van der Waals surface area contributed by atoms with Gasteiger partial charge in [0.05, 0.1) is 7.11 Å². The van der Waals surface area contributed by atoms with Gasteiger partial charge >= 0.3 is 5.97 Å². The quantitative estimate of drug-likeness (QED) is 0.670. The zero-order chi connectivity index (χ0) is 20.5. The van der Waals surface area contributed by atoms with Crippen LogP contribution in [0.3, 0.4) is 0 Å². The lowest BCUT2D eigenvalue weighted by molar-refractivity contribution is -0.150. The molecule has 0 bridgehead atoms. The fourth-order valence-corrected chi connectivity index (χ4v) is 2.75. The van der Waals surface area contributed by atoms with E-state index in [0.29, 0.717) is 24.0 Å². The molecule has 6 heteroatoms. The predicted molar refractivity (Wildman–Crippen MR) is 107 cm³/mol. The molecule has 1 amide bonds. The molecule has 0 fully saturated rings. The first kappa shape index (κ1) is 21.3. The number of esters is 1. The lowest BCUT2D eigenvalue weighted by atomic mass is 9.98. The lowest BCUT2D eigenvalue weighted by Gasteiger charge is -2.12. The Morgan fingerprint density at radius 3 is 2.50 bits per heavy atom. The molecular formula is C22H27NO5. The largest absolute Gasteiger partial charge is 0.497 e. The topological polar surface area (TPSA) is 73.9 Å². The van der Waals surface area contributed by atoms with Crippen molar-refractivity contribution < 1.29 is 23.8 Å². The fourth-order valence-electron chi connectivity index (χ4n) is 2.75. The maximum Gasteiger partial charge on any atom is 0.344 e. The summed E-state index contributed by atoms with van der Waals surface area (Å²) in [5.74, 6) is 0.762. The number of carbonyl (C=O) groups is 2. The molecule has 1 N–H and O–H groups in total. The number of rotatable bonds is 9. The minimum absolute atomic E-state index is 0.246. The van der Waals surface area contributed by atoms with Crippen LogP contribution in [0, 0.1) is 6.92 Å². The summed E-state index contributed by atoms with van der Waals surface area (Å²) in [6.07, 6.45) is 0. The Hall–Kier alpha value is -3.02. The van der Waals surface area contributed by atoms with E-state index in [1.807, 2.05) is 49.4 Å². The summed E-state index contributed by atoms with van der Waals surface area (Å²) in [5, 5.41) is 2.69. The van der Waals surface area contributed by atoms with Gasteiger partial charge in [-0.15, -0.1) is 0 Å². The van der Waals surface area contributed by atoms with Crippen LogP contribution in [0.15, 0.2) is 42.5 Å². The first-order valence-electron chi connectivity index (χ1n) is 9.17. The second kappa shape index (κ2) is 10.3. The second-order valence-electron chi connectivity index (χ2n) is 6.75. The van der Waals surface area contributed by atoms with Crippen molar-refractivity contribution >= 4 is 11.9 Å². The standard InChI is InChI=1S/C22H27NO5/c1-15(2)20-9-8-19(10-16(20)3)27-14-22(25)28-13-21(24)23-12-17-6-5-7-18(11-17)26-4/h5-11,15H,12-14H2,1-4H3,(H,23,24). The van der Waals surface area contributed by atoms with E-state index in [1.165, 1.54) is 5.56 Å². The number of benzene rings is 2. The third kappa shape index (κ3) is 6.61. The van der Waals surface area contributed by atoms with Crippen LogP contribution in [0.1, 0.15) is 36.5 Å². The minimum atomic E-state index is -0.595. The monoisotopic (exact) mass is 385 g/mol. The first-order valence-corrected chi connectivity index (χ1v) is 9.17. The number of hydrogen-bond donors (Lipinski definition) is 1. The lowest BCUT2D eigenvalue weighted by Crippen LogP contribution is -2.29. The highest BCUT2D eigenvalue weighted by Gasteiger charge is 2.10. The van der Waals surface area contributed by atoms with Gasteiger partial charge < -0.3 is 19.5 Å². The van der Waals surface area contributed by atoms with Crippen LogP contribution in [0.2, 0.25) is 0 Å². The van der Waals surface area contributed by atoms with Gasteiger partial charge in [0.2, 0.25) is 0 Å². The number of ether oxygens (including phenoxy) is 3. The summed E-state index contributed by atoms with van der Waals surface area (Å²) in [7, 11) is 1.58. The van der Waals surface area contributed by atoms with Gasteiger partial charge in [0.25, 0.3) is 5.91 Å². The number of nitrogens with one attached hydrogen (secondary N) is 1. The molecular weight excluding hydrogens is 358 g/mol. The van der Waals surface area contributed by atoms with Crippen LogP contribution in [-0.4, -0.2) is 32.2 Å². The van der Waals surface area contributed by atoms with E-state index in [9.17, 15) is 9.59 Å². The Bertz CT molecular complexity index is 816. The molecule has 150 valence electrons. The molecule has 2 aromatic rings. The highest BCUT2D eigenvalue weighted by Crippen LogP contribution is 2.23. The van der Waals surface area contributed by atoms with E-state index in [2.05, 4.69) is 19.2 Å². The number of aryl methyl sites for hydroxylation is 1. The minimum Gasteiger partial charge on any atom is -0.497 e. The second-order valence-corrected chi connectivity index (χ2v) is 6.75. The predicted octanol–water partition coefficient (Wildman–Crippen LogP) is 3.37. The maximum absolute atomic E-state index is 11.8. The summed E-state index contributed by atoms with van der Waals surface area (Å²) in [6, 6.07) is 13.1. The Balaban J connectivity index is 1.71. The van der Waals surface area contributed by atoms with Gasteiger partial charge in [0.1, 0.15) is 11.5 Å². The molecule has 0 spiro atoms. The smallest absolute Gasteiger partial charge is 0.344 e. The number of amides is 1. The van der Waals surface area contributed by atoms with Crippen LogP contribution in [0.4, 0.5) is 0 Å². The Morgan fingerprint density at radius 2 is 1.82 bits per heavy atom. The van der Waals surface area contributed by atoms with Crippen molar-refractivity contribution in [2.45, 2.75) is 33.2 Å². The van der Waals surface area contributed by atoms with Gasteiger partial charge in [0.15, 0.2) is 13.2 Å². The Morgan fingerprint density at radius 1 is 1.04 bits per heavy atom. The SMILES string of the molecule is COc1cccc(CNC(=O)COC(=O)COc2ccc(C(C)C)c(C)c2)c1. The molecule has 0 aliphatic carbocycles. The van der Waals surface area contributed by atoms with Crippen LogP contribution in [0.25, 0.3) is 0 Å². The van der Waals surface area contributed by atoms with Gasteiger partial charge in [-0.25, -0.2) is 4.79 Å². The van der Waals surface area contributed by atoms with E-state index in [1.54, 1.807) is 7.11 Å². The Kier molecular flexibility index (Phi) is 7.87. The highest BCUT2D eigenvalue weighted by molar-refractivity contribution is 5.80. The third-order valence-corrected chi connectivity index (χ3v) is 4.21. The molecule has 0 atom stereocenters.